The molecule has 0 unspecified atom stereocenters. The first-order valence-corrected chi connectivity index (χ1v) is 8.13. The van der Waals surface area contributed by atoms with Crippen molar-refractivity contribution in [1.29, 1.82) is 0 Å². The molecule has 1 nitrogen and oxygen atoms in total. The van der Waals surface area contributed by atoms with E-state index in [1.54, 1.807) is 17.4 Å². The Bertz CT molecular complexity index is 748. The highest BCUT2D eigenvalue weighted by atomic mass is 32.1. The van der Waals surface area contributed by atoms with Crippen molar-refractivity contribution in [3.63, 3.8) is 0 Å². The summed E-state index contributed by atoms with van der Waals surface area (Å²) >= 11 is 1.73. The zero-order valence-corrected chi connectivity index (χ0v) is 12.8. The Morgan fingerprint density at radius 1 is 1.14 bits per heavy atom. The van der Waals surface area contributed by atoms with E-state index in [0.29, 0.717) is 6.54 Å². The predicted octanol–water partition coefficient (Wildman–Crippen LogP) is 5.21. The minimum absolute atomic E-state index is 0.138. The topological polar surface area (TPSA) is 12.0 Å². The van der Waals surface area contributed by atoms with Crippen LogP contribution in [0.5, 0.6) is 0 Å². The van der Waals surface area contributed by atoms with Gasteiger partial charge in [0.1, 0.15) is 5.82 Å². The molecular weight excluding hydrogens is 281 g/mol. The normalized spacial score (nSPS) is 11.1. The summed E-state index contributed by atoms with van der Waals surface area (Å²) in [6.45, 7) is 3.59. The molecule has 0 aliphatic rings. The van der Waals surface area contributed by atoms with Crippen LogP contribution in [0.25, 0.3) is 21.2 Å². The van der Waals surface area contributed by atoms with Crippen molar-refractivity contribution in [2.75, 3.05) is 6.54 Å². The van der Waals surface area contributed by atoms with E-state index in [2.05, 4.69) is 41.9 Å². The second-order valence-electron chi connectivity index (χ2n) is 5.13. The van der Waals surface area contributed by atoms with Crippen molar-refractivity contribution in [1.82, 2.24) is 5.32 Å². The van der Waals surface area contributed by atoms with Crippen LogP contribution in [-0.2, 0) is 6.54 Å². The standard InChI is InChI=1S/C18H18FNS/c1-2-9-20-12-15-11-14(6-7-17(15)19)16-5-3-4-13-8-10-21-18(13)16/h3-8,10-11,20H,2,9,12H2,1H3. The number of thiophene rings is 1. The molecule has 1 N–H and O–H groups in total. The molecule has 1 heterocycles. The van der Waals surface area contributed by atoms with Crippen molar-refractivity contribution in [2.24, 2.45) is 0 Å². The summed E-state index contributed by atoms with van der Waals surface area (Å²) in [4.78, 5) is 0. The number of hydrogen-bond donors (Lipinski definition) is 1. The number of benzene rings is 2. The monoisotopic (exact) mass is 299 g/mol. The number of halogens is 1. The molecule has 0 spiro atoms. The number of rotatable bonds is 5. The average molecular weight is 299 g/mol. The second-order valence-corrected chi connectivity index (χ2v) is 6.04. The van der Waals surface area contributed by atoms with E-state index in [1.807, 2.05) is 12.1 Å². The predicted molar refractivity (Wildman–Crippen MR) is 89.2 cm³/mol. The van der Waals surface area contributed by atoms with E-state index in [4.69, 9.17) is 0 Å². The van der Waals surface area contributed by atoms with Crippen LogP contribution >= 0.6 is 11.3 Å². The minimum atomic E-state index is -0.138. The molecule has 0 bridgehead atoms. The molecule has 3 aromatic rings. The highest BCUT2D eigenvalue weighted by Crippen LogP contribution is 2.33. The second kappa shape index (κ2) is 6.37. The number of nitrogens with one attached hydrogen (secondary N) is 1. The lowest BCUT2D eigenvalue weighted by molar-refractivity contribution is 0.587. The highest BCUT2D eigenvalue weighted by molar-refractivity contribution is 7.17. The van der Waals surface area contributed by atoms with Gasteiger partial charge in [-0.25, -0.2) is 4.39 Å². The van der Waals surface area contributed by atoms with Crippen LogP contribution in [0, 0.1) is 5.82 Å². The fourth-order valence-corrected chi connectivity index (χ4v) is 3.43. The Balaban J connectivity index is 1.98. The summed E-state index contributed by atoms with van der Waals surface area (Å²) in [7, 11) is 0. The van der Waals surface area contributed by atoms with Gasteiger partial charge in [0.25, 0.3) is 0 Å². The molecule has 3 heteroatoms. The van der Waals surface area contributed by atoms with E-state index in [-0.39, 0.29) is 5.82 Å². The maximum absolute atomic E-state index is 13.9. The van der Waals surface area contributed by atoms with Gasteiger partial charge in [-0.15, -0.1) is 11.3 Å². The molecule has 1 aromatic heterocycles. The lowest BCUT2D eigenvalue weighted by atomic mass is 10.0. The Morgan fingerprint density at radius 2 is 2.05 bits per heavy atom. The van der Waals surface area contributed by atoms with Crippen LogP contribution in [0.3, 0.4) is 0 Å². The van der Waals surface area contributed by atoms with Crippen molar-refractivity contribution in [2.45, 2.75) is 19.9 Å². The van der Waals surface area contributed by atoms with Crippen LogP contribution in [0.4, 0.5) is 4.39 Å². The van der Waals surface area contributed by atoms with Gasteiger partial charge in [0, 0.05) is 16.8 Å². The molecule has 2 aromatic carbocycles. The summed E-state index contributed by atoms with van der Waals surface area (Å²) in [5.74, 6) is -0.138. The zero-order valence-electron chi connectivity index (χ0n) is 12.0. The van der Waals surface area contributed by atoms with E-state index in [0.717, 1.165) is 24.1 Å². The first-order chi connectivity index (χ1) is 10.3. The zero-order chi connectivity index (χ0) is 14.7. The van der Waals surface area contributed by atoms with Gasteiger partial charge in [-0.3, -0.25) is 0 Å². The lowest BCUT2D eigenvalue weighted by Crippen LogP contribution is -2.14. The quantitative estimate of drug-likeness (QED) is 0.638. The first kappa shape index (κ1) is 14.2. The number of fused-ring (bicyclic) bond motifs is 1. The van der Waals surface area contributed by atoms with E-state index >= 15 is 0 Å². The van der Waals surface area contributed by atoms with Crippen LogP contribution in [0.1, 0.15) is 18.9 Å². The van der Waals surface area contributed by atoms with Crippen LogP contribution in [0.15, 0.2) is 47.8 Å². The Kier molecular flexibility index (Phi) is 4.32. The molecule has 0 aliphatic carbocycles. The van der Waals surface area contributed by atoms with Crippen molar-refractivity contribution in [3.05, 3.63) is 59.2 Å². The third-order valence-corrected chi connectivity index (χ3v) is 4.54. The third kappa shape index (κ3) is 2.99. The van der Waals surface area contributed by atoms with Crippen molar-refractivity contribution >= 4 is 21.4 Å². The summed E-state index contributed by atoms with van der Waals surface area (Å²) in [5, 5.41) is 6.61. The maximum atomic E-state index is 13.9. The van der Waals surface area contributed by atoms with Crippen molar-refractivity contribution < 1.29 is 4.39 Å². The molecule has 0 saturated carbocycles. The van der Waals surface area contributed by atoms with E-state index < -0.39 is 0 Å². The summed E-state index contributed by atoms with van der Waals surface area (Å²) in [6, 6.07) is 13.8. The van der Waals surface area contributed by atoms with Crippen LogP contribution in [0.2, 0.25) is 0 Å². The van der Waals surface area contributed by atoms with Gasteiger partial charge in [0.2, 0.25) is 0 Å². The molecule has 108 valence electrons. The van der Waals surface area contributed by atoms with Crippen LogP contribution < -0.4 is 5.32 Å². The molecule has 0 saturated heterocycles. The molecule has 0 aliphatic heterocycles. The maximum Gasteiger partial charge on any atom is 0.127 e. The lowest BCUT2D eigenvalue weighted by Gasteiger charge is -2.09. The van der Waals surface area contributed by atoms with Gasteiger partial charge < -0.3 is 5.32 Å². The van der Waals surface area contributed by atoms with Gasteiger partial charge in [-0.2, -0.15) is 0 Å². The van der Waals surface area contributed by atoms with Gasteiger partial charge in [0.05, 0.1) is 0 Å². The fourth-order valence-electron chi connectivity index (χ4n) is 2.50. The van der Waals surface area contributed by atoms with Gasteiger partial charge in [-0.1, -0.05) is 31.2 Å². The molecule has 0 amide bonds. The van der Waals surface area contributed by atoms with E-state index in [1.165, 1.54) is 15.6 Å². The SMILES string of the molecule is CCCNCc1cc(-c2cccc3ccsc23)ccc1F. The molecular formula is C18H18FNS. The van der Waals surface area contributed by atoms with Gasteiger partial charge in [-0.05, 0) is 53.1 Å². The molecule has 21 heavy (non-hydrogen) atoms. The van der Waals surface area contributed by atoms with Gasteiger partial charge >= 0.3 is 0 Å². The third-order valence-electron chi connectivity index (χ3n) is 3.58. The smallest absolute Gasteiger partial charge is 0.127 e. The van der Waals surface area contributed by atoms with E-state index in [9.17, 15) is 4.39 Å². The average Bonchev–Trinajstić information content (AvgIpc) is 2.98. The first-order valence-electron chi connectivity index (χ1n) is 7.25. The Labute approximate surface area is 128 Å². The minimum Gasteiger partial charge on any atom is -0.313 e. The summed E-state index contributed by atoms with van der Waals surface area (Å²) in [5.41, 5.74) is 2.99. The number of hydrogen-bond acceptors (Lipinski definition) is 2. The van der Waals surface area contributed by atoms with Crippen molar-refractivity contribution in [3.8, 4) is 11.1 Å². The summed E-state index contributed by atoms with van der Waals surface area (Å²) in [6.07, 6.45) is 1.05. The van der Waals surface area contributed by atoms with Gasteiger partial charge in [0.15, 0.2) is 0 Å². The summed E-state index contributed by atoms with van der Waals surface area (Å²) < 4.78 is 15.2. The van der Waals surface area contributed by atoms with Crippen LogP contribution in [-0.4, -0.2) is 6.54 Å². The molecule has 3 rings (SSSR count). The Morgan fingerprint density at radius 3 is 2.90 bits per heavy atom. The molecule has 0 fully saturated rings. The Hall–Kier alpha value is -1.71. The molecule has 0 atom stereocenters. The molecule has 0 radical (unpaired) electrons. The fraction of sp³-hybridized carbons (Fsp3) is 0.222. The largest absolute Gasteiger partial charge is 0.313 e. The highest BCUT2D eigenvalue weighted by Gasteiger charge is 2.08.